The monoisotopic (exact) mass is 233 g/mol. The minimum absolute atomic E-state index is 0.279. The van der Waals surface area contributed by atoms with E-state index in [1.807, 2.05) is 13.0 Å². The van der Waals surface area contributed by atoms with Crippen molar-refractivity contribution < 1.29 is 4.79 Å². The van der Waals surface area contributed by atoms with E-state index in [1.54, 1.807) is 16.9 Å². The van der Waals surface area contributed by atoms with Crippen molar-refractivity contribution in [3.63, 3.8) is 0 Å². The van der Waals surface area contributed by atoms with Gasteiger partial charge in [0, 0.05) is 25.4 Å². The first kappa shape index (κ1) is 11.4. The molecule has 0 saturated heterocycles. The van der Waals surface area contributed by atoms with Crippen molar-refractivity contribution in [3.05, 3.63) is 24.2 Å². The Labute approximate surface area is 98.8 Å². The van der Waals surface area contributed by atoms with Crippen LogP contribution in [0.1, 0.15) is 18.5 Å². The molecule has 0 aromatic carbocycles. The van der Waals surface area contributed by atoms with E-state index in [2.05, 4.69) is 15.4 Å². The number of aromatic nitrogens is 3. The van der Waals surface area contributed by atoms with Gasteiger partial charge >= 0.3 is 0 Å². The molecule has 0 saturated carbocycles. The van der Waals surface area contributed by atoms with Crippen molar-refractivity contribution in [2.24, 2.45) is 5.73 Å². The second-order valence-electron chi connectivity index (χ2n) is 3.89. The fraction of sp³-hybridized carbons (Fsp3) is 0.364. The van der Waals surface area contributed by atoms with Crippen LogP contribution in [-0.2, 0) is 4.79 Å². The van der Waals surface area contributed by atoms with Crippen LogP contribution in [0.4, 0.5) is 5.82 Å². The lowest BCUT2D eigenvalue weighted by Gasteiger charge is -2.05. The lowest BCUT2D eigenvalue weighted by atomic mass is 10.3. The van der Waals surface area contributed by atoms with Gasteiger partial charge in [0.25, 0.3) is 0 Å². The smallest absolute Gasteiger partial charge is 0.217 e. The summed E-state index contributed by atoms with van der Waals surface area (Å²) >= 11 is 0. The molecule has 0 aliphatic heterocycles. The molecular formula is C11H15N5O. The number of hydrogen-bond acceptors (Lipinski definition) is 4. The highest BCUT2D eigenvalue weighted by atomic mass is 16.1. The van der Waals surface area contributed by atoms with Gasteiger partial charge in [-0.05, 0) is 19.4 Å². The van der Waals surface area contributed by atoms with Crippen LogP contribution in [-0.4, -0.2) is 27.0 Å². The zero-order valence-electron chi connectivity index (χ0n) is 9.68. The number of carbonyl (C=O) groups excluding carboxylic acids is 1. The van der Waals surface area contributed by atoms with Crippen molar-refractivity contribution in [2.75, 3.05) is 11.9 Å². The Kier molecular flexibility index (Phi) is 3.22. The maximum atomic E-state index is 10.6. The van der Waals surface area contributed by atoms with E-state index < -0.39 is 0 Å². The summed E-state index contributed by atoms with van der Waals surface area (Å²) in [6.45, 7) is 2.60. The molecule has 0 aliphatic carbocycles. The minimum atomic E-state index is -0.279. The maximum Gasteiger partial charge on any atom is 0.217 e. The zero-order chi connectivity index (χ0) is 12.3. The van der Waals surface area contributed by atoms with E-state index >= 15 is 0 Å². The van der Waals surface area contributed by atoms with Gasteiger partial charge in [-0.2, -0.15) is 5.10 Å². The zero-order valence-corrected chi connectivity index (χ0v) is 9.68. The Morgan fingerprint density at radius 1 is 1.59 bits per heavy atom. The lowest BCUT2D eigenvalue weighted by Crippen LogP contribution is -2.13. The van der Waals surface area contributed by atoms with Crippen LogP contribution in [0.3, 0.4) is 0 Å². The topological polar surface area (TPSA) is 85.3 Å². The summed E-state index contributed by atoms with van der Waals surface area (Å²) in [7, 11) is 0. The number of carbonyl (C=O) groups is 1. The summed E-state index contributed by atoms with van der Waals surface area (Å²) in [4.78, 5) is 14.8. The molecule has 6 nitrogen and oxygen atoms in total. The van der Waals surface area contributed by atoms with Crippen LogP contribution in [0.5, 0.6) is 0 Å². The first-order valence-corrected chi connectivity index (χ1v) is 5.50. The number of rotatable bonds is 5. The molecule has 0 aliphatic rings. The van der Waals surface area contributed by atoms with Crippen molar-refractivity contribution in [2.45, 2.75) is 19.8 Å². The second kappa shape index (κ2) is 4.82. The summed E-state index contributed by atoms with van der Waals surface area (Å²) in [6.07, 6.45) is 4.58. The molecule has 6 heteroatoms. The number of amides is 1. The molecule has 2 rings (SSSR count). The minimum Gasteiger partial charge on any atom is -0.370 e. The fourth-order valence-corrected chi connectivity index (χ4v) is 1.65. The standard InChI is InChI=1S/C11H15N5O/c1-8-7-9-11(13-4-2-3-10(12)17)14-5-6-16(9)15-8/h5-7H,2-4H2,1H3,(H2,12,17)(H,13,14). The molecule has 1 amide bonds. The van der Waals surface area contributed by atoms with E-state index in [1.165, 1.54) is 0 Å². The quantitative estimate of drug-likeness (QED) is 0.745. The highest BCUT2D eigenvalue weighted by Crippen LogP contribution is 2.14. The maximum absolute atomic E-state index is 10.6. The average molecular weight is 233 g/mol. The van der Waals surface area contributed by atoms with Crippen LogP contribution in [0.25, 0.3) is 5.52 Å². The summed E-state index contributed by atoms with van der Waals surface area (Å²) in [5.41, 5.74) is 6.95. The fourth-order valence-electron chi connectivity index (χ4n) is 1.65. The van der Waals surface area contributed by atoms with Crippen LogP contribution in [0, 0.1) is 6.92 Å². The number of anilines is 1. The molecule has 3 N–H and O–H groups in total. The summed E-state index contributed by atoms with van der Waals surface area (Å²) in [6, 6.07) is 1.96. The number of primary amides is 1. The normalized spacial score (nSPS) is 10.6. The van der Waals surface area contributed by atoms with Gasteiger partial charge in [0.1, 0.15) is 5.52 Å². The Bertz CT molecular complexity index is 534. The molecule has 2 heterocycles. The predicted molar refractivity (Wildman–Crippen MR) is 64.6 cm³/mol. The lowest BCUT2D eigenvalue weighted by molar-refractivity contribution is -0.118. The number of fused-ring (bicyclic) bond motifs is 1. The van der Waals surface area contributed by atoms with Crippen molar-refractivity contribution in [1.82, 2.24) is 14.6 Å². The van der Waals surface area contributed by atoms with E-state index in [4.69, 9.17) is 5.73 Å². The number of nitrogens with one attached hydrogen (secondary N) is 1. The van der Waals surface area contributed by atoms with Crippen molar-refractivity contribution in [1.29, 1.82) is 0 Å². The molecule has 0 radical (unpaired) electrons. The van der Waals surface area contributed by atoms with Crippen LogP contribution >= 0.6 is 0 Å². The first-order chi connectivity index (χ1) is 8.16. The van der Waals surface area contributed by atoms with E-state index in [-0.39, 0.29) is 5.91 Å². The van der Waals surface area contributed by atoms with Gasteiger partial charge < -0.3 is 11.1 Å². The van der Waals surface area contributed by atoms with E-state index in [9.17, 15) is 4.79 Å². The largest absolute Gasteiger partial charge is 0.370 e. The average Bonchev–Trinajstić information content (AvgIpc) is 2.65. The van der Waals surface area contributed by atoms with Crippen molar-refractivity contribution in [3.8, 4) is 0 Å². The SMILES string of the molecule is Cc1cc2c(NCCCC(N)=O)nccn2n1. The number of nitrogens with zero attached hydrogens (tertiary/aromatic N) is 3. The molecule has 0 spiro atoms. The summed E-state index contributed by atoms with van der Waals surface area (Å²) in [5.74, 6) is 0.496. The molecule has 2 aromatic rings. The third kappa shape index (κ3) is 2.72. The van der Waals surface area contributed by atoms with Gasteiger partial charge in [0.2, 0.25) is 5.91 Å². The predicted octanol–water partition coefficient (Wildman–Crippen LogP) is 0.715. The third-order valence-corrected chi connectivity index (χ3v) is 2.40. The van der Waals surface area contributed by atoms with Gasteiger partial charge in [0.15, 0.2) is 5.82 Å². The number of nitrogens with two attached hydrogens (primary N) is 1. The molecule has 0 unspecified atom stereocenters. The molecule has 0 bridgehead atoms. The van der Waals surface area contributed by atoms with E-state index in [0.717, 1.165) is 17.0 Å². The Morgan fingerprint density at radius 3 is 3.18 bits per heavy atom. The van der Waals surface area contributed by atoms with Gasteiger partial charge in [-0.15, -0.1) is 0 Å². The number of hydrogen-bond donors (Lipinski definition) is 2. The number of aryl methyl sites for hydroxylation is 1. The van der Waals surface area contributed by atoms with Gasteiger partial charge in [-0.25, -0.2) is 9.50 Å². The molecule has 0 fully saturated rings. The van der Waals surface area contributed by atoms with E-state index in [0.29, 0.717) is 19.4 Å². The molecule has 0 atom stereocenters. The third-order valence-electron chi connectivity index (χ3n) is 2.40. The molecule has 2 aromatic heterocycles. The Balaban J connectivity index is 2.05. The molecule has 90 valence electrons. The van der Waals surface area contributed by atoms with Crippen molar-refractivity contribution >= 4 is 17.2 Å². The van der Waals surface area contributed by atoms with Crippen LogP contribution in [0.15, 0.2) is 18.5 Å². The van der Waals surface area contributed by atoms with Gasteiger partial charge in [-0.1, -0.05) is 0 Å². The van der Waals surface area contributed by atoms with Crippen LogP contribution < -0.4 is 11.1 Å². The van der Waals surface area contributed by atoms with Gasteiger partial charge in [0.05, 0.1) is 5.69 Å². The van der Waals surface area contributed by atoms with Gasteiger partial charge in [-0.3, -0.25) is 4.79 Å². The summed E-state index contributed by atoms with van der Waals surface area (Å²) in [5, 5.41) is 7.47. The molecular weight excluding hydrogens is 218 g/mol. The highest BCUT2D eigenvalue weighted by Gasteiger charge is 2.04. The molecule has 17 heavy (non-hydrogen) atoms. The summed E-state index contributed by atoms with van der Waals surface area (Å²) < 4.78 is 1.78. The Morgan fingerprint density at radius 2 is 2.41 bits per heavy atom. The van der Waals surface area contributed by atoms with Crippen LogP contribution in [0.2, 0.25) is 0 Å². The second-order valence-corrected chi connectivity index (χ2v) is 3.89. The first-order valence-electron chi connectivity index (χ1n) is 5.50. The highest BCUT2D eigenvalue weighted by molar-refractivity contribution is 5.73. The Hall–Kier alpha value is -2.11.